The molecule has 1 amide bonds. The molecule has 2 rings (SSSR count). The second-order valence-corrected chi connectivity index (χ2v) is 3.73. The Morgan fingerprint density at radius 1 is 1.44 bits per heavy atom. The third kappa shape index (κ3) is 2.13. The summed E-state index contributed by atoms with van der Waals surface area (Å²) in [5.74, 6) is -0.278. The molecule has 0 saturated carbocycles. The predicted molar refractivity (Wildman–Crippen MR) is 66.8 cm³/mol. The SMILES string of the molecule is Cl.NCCN1c2ccccc2C[C@H]1C(N)=O. The molecule has 0 saturated heterocycles. The summed E-state index contributed by atoms with van der Waals surface area (Å²) in [7, 11) is 0. The number of hydrogen-bond donors (Lipinski definition) is 2. The zero-order chi connectivity index (χ0) is 10.8. The van der Waals surface area contributed by atoms with E-state index in [1.54, 1.807) is 0 Å². The molecule has 0 unspecified atom stereocenters. The molecule has 0 aromatic heterocycles. The lowest BCUT2D eigenvalue weighted by atomic mass is 10.1. The van der Waals surface area contributed by atoms with Crippen LogP contribution in [0.15, 0.2) is 24.3 Å². The van der Waals surface area contributed by atoms with Crippen molar-refractivity contribution in [1.82, 2.24) is 0 Å². The van der Waals surface area contributed by atoms with Crippen molar-refractivity contribution < 1.29 is 4.79 Å². The van der Waals surface area contributed by atoms with Gasteiger partial charge in [0.05, 0.1) is 0 Å². The molecule has 0 fully saturated rings. The molecule has 0 bridgehead atoms. The summed E-state index contributed by atoms with van der Waals surface area (Å²) in [4.78, 5) is 13.3. The molecular weight excluding hydrogens is 226 g/mol. The van der Waals surface area contributed by atoms with E-state index in [-0.39, 0.29) is 24.4 Å². The number of anilines is 1. The van der Waals surface area contributed by atoms with Gasteiger partial charge in [0.15, 0.2) is 0 Å². The molecule has 4 N–H and O–H groups in total. The second-order valence-electron chi connectivity index (χ2n) is 3.73. The smallest absolute Gasteiger partial charge is 0.240 e. The minimum absolute atomic E-state index is 0. The first-order chi connectivity index (χ1) is 7.24. The first kappa shape index (κ1) is 12.8. The lowest BCUT2D eigenvalue weighted by molar-refractivity contribution is -0.119. The first-order valence-electron chi connectivity index (χ1n) is 5.08. The van der Waals surface area contributed by atoms with Crippen LogP contribution in [0.4, 0.5) is 5.69 Å². The van der Waals surface area contributed by atoms with Gasteiger partial charge in [0.25, 0.3) is 0 Å². The van der Waals surface area contributed by atoms with Gasteiger partial charge in [0.1, 0.15) is 6.04 Å². The van der Waals surface area contributed by atoms with E-state index in [0.717, 1.165) is 5.69 Å². The molecule has 1 heterocycles. The van der Waals surface area contributed by atoms with Gasteiger partial charge in [-0.2, -0.15) is 0 Å². The highest BCUT2D eigenvalue weighted by atomic mass is 35.5. The number of primary amides is 1. The van der Waals surface area contributed by atoms with E-state index in [0.29, 0.717) is 19.5 Å². The summed E-state index contributed by atoms with van der Waals surface area (Å²) < 4.78 is 0. The topological polar surface area (TPSA) is 72.3 Å². The van der Waals surface area contributed by atoms with Crippen LogP contribution in [0.1, 0.15) is 5.56 Å². The van der Waals surface area contributed by atoms with Crippen molar-refractivity contribution in [3.05, 3.63) is 29.8 Å². The second kappa shape index (κ2) is 5.18. The van der Waals surface area contributed by atoms with Crippen molar-refractivity contribution >= 4 is 24.0 Å². The number of nitrogens with zero attached hydrogens (tertiary/aromatic N) is 1. The third-order valence-corrected chi connectivity index (χ3v) is 2.79. The maximum atomic E-state index is 11.3. The van der Waals surface area contributed by atoms with E-state index in [2.05, 4.69) is 0 Å². The molecule has 1 aromatic rings. The number of benzene rings is 1. The summed E-state index contributed by atoms with van der Waals surface area (Å²) in [6, 6.07) is 7.75. The van der Waals surface area contributed by atoms with Crippen molar-refractivity contribution in [1.29, 1.82) is 0 Å². The van der Waals surface area contributed by atoms with E-state index in [4.69, 9.17) is 11.5 Å². The maximum absolute atomic E-state index is 11.3. The summed E-state index contributed by atoms with van der Waals surface area (Å²) in [5.41, 5.74) is 13.2. The Balaban J connectivity index is 0.00000128. The highest BCUT2D eigenvalue weighted by Gasteiger charge is 2.31. The highest BCUT2D eigenvalue weighted by molar-refractivity contribution is 5.86. The lowest BCUT2D eigenvalue weighted by Crippen LogP contribution is -2.44. The van der Waals surface area contributed by atoms with Crippen LogP contribution >= 0.6 is 12.4 Å². The van der Waals surface area contributed by atoms with Crippen LogP contribution in [0.3, 0.4) is 0 Å². The Bertz CT molecular complexity index is 383. The van der Waals surface area contributed by atoms with E-state index in [1.165, 1.54) is 5.56 Å². The van der Waals surface area contributed by atoms with Gasteiger partial charge in [-0.15, -0.1) is 12.4 Å². The number of amides is 1. The molecule has 1 aromatic carbocycles. The average Bonchev–Trinajstić information content (AvgIpc) is 2.58. The molecule has 88 valence electrons. The molecule has 1 atom stereocenters. The summed E-state index contributed by atoms with van der Waals surface area (Å²) in [5, 5.41) is 0. The number of halogens is 1. The summed E-state index contributed by atoms with van der Waals surface area (Å²) in [6.07, 6.45) is 0.700. The monoisotopic (exact) mass is 241 g/mol. The molecular formula is C11H16ClN3O. The number of fused-ring (bicyclic) bond motifs is 1. The Morgan fingerprint density at radius 3 is 2.75 bits per heavy atom. The number of para-hydroxylation sites is 1. The maximum Gasteiger partial charge on any atom is 0.240 e. The van der Waals surface area contributed by atoms with Crippen LogP contribution < -0.4 is 16.4 Å². The number of carbonyl (C=O) groups excluding carboxylic acids is 1. The number of nitrogens with two attached hydrogens (primary N) is 2. The van der Waals surface area contributed by atoms with Gasteiger partial charge in [0, 0.05) is 25.2 Å². The molecule has 1 aliphatic heterocycles. The Hall–Kier alpha value is -1.26. The van der Waals surface area contributed by atoms with Gasteiger partial charge in [-0.05, 0) is 11.6 Å². The zero-order valence-electron chi connectivity index (χ0n) is 8.93. The fourth-order valence-electron chi connectivity index (χ4n) is 2.12. The molecule has 4 nitrogen and oxygen atoms in total. The van der Waals surface area contributed by atoms with E-state index in [1.807, 2.05) is 29.2 Å². The minimum Gasteiger partial charge on any atom is -0.368 e. The van der Waals surface area contributed by atoms with E-state index >= 15 is 0 Å². The van der Waals surface area contributed by atoms with Gasteiger partial charge in [-0.3, -0.25) is 4.79 Å². The number of carbonyl (C=O) groups is 1. The van der Waals surface area contributed by atoms with Crippen LogP contribution in [-0.4, -0.2) is 25.0 Å². The van der Waals surface area contributed by atoms with Crippen LogP contribution in [0, 0.1) is 0 Å². The highest BCUT2D eigenvalue weighted by Crippen LogP contribution is 2.31. The van der Waals surface area contributed by atoms with E-state index < -0.39 is 0 Å². The third-order valence-electron chi connectivity index (χ3n) is 2.79. The molecule has 16 heavy (non-hydrogen) atoms. The number of hydrogen-bond acceptors (Lipinski definition) is 3. The Kier molecular flexibility index (Phi) is 4.15. The van der Waals surface area contributed by atoms with Crippen LogP contribution in [-0.2, 0) is 11.2 Å². The Labute approximate surface area is 101 Å². The van der Waals surface area contributed by atoms with Gasteiger partial charge >= 0.3 is 0 Å². The van der Waals surface area contributed by atoms with Crippen molar-refractivity contribution in [3.8, 4) is 0 Å². The average molecular weight is 242 g/mol. The van der Waals surface area contributed by atoms with Gasteiger partial charge in [0.2, 0.25) is 5.91 Å². The van der Waals surface area contributed by atoms with Gasteiger partial charge in [-0.25, -0.2) is 0 Å². The van der Waals surface area contributed by atoms with Crippen molar-refractivity contribution in [2.45, 2.75) is 12.5 Å². The molecule has 0 spiro atoms. The summed E-state index contributed by atoms with van der Waals surface area (Å²) >= 11 is 0. The molecule has 5 heteroatoms. The lowest BCUT2D eigenvalue weighted by Gasteiger charge is -2.24. The van der Waals surface area contributed by atoms with Crippen LogP contribution in [0.25, 0.3) is 0 Å². The first-order valence-corrected chi connectivity index (χ1v) is 5.08. The van der Waals surface area contributed by atoms with Crippen molar-refractivity contribution in [2.75, 3.05) is 18.0 Å². The predicted octanol–water partition coefficient (Wildman–Crippen LogP) is 0.283. The van der Waals surface area contributed by atoms with Gasteiger partial charge < -0.3 is 16.4 Å². The van der Waals surface area contributed by atoms with Gasteiger partial charge in [-0.1, -0.05) is 18.2 Å². The van der Waals surface area contributed by atoms with Crippen LogP contribution in [0.2, 0.25) is 0 Å². The molecule has 0 aliphatic carbocycles. The molecule has 1 aliphatic rings. The number of rotatable bonds is 3. The van der Waals surface area contributed by atoms with E-state index in [9.17, 15) is 4.79 Å². The minimum atomic E-state index is -0.278. The molecule has 0 radical (unpaired) electrons. The van der Waals surface area contributed by atoms with Crippen molar-refractivity contribution in [2.24, 2.45) is 11.5 Å². The fourth-order valence-corrected chi connectivity index (χ4v) is 2.12. The normalized spacial score (nSPS) is 17.8. The standard InChI is InChI=1S/C11H15N3O.ClH/c12-5-6-14-9-4-2-1-3-8(9)7-10(14)11(13)15;/h1-4,10H,5-7,12H2,(H2,13,15);1H/t10-;/m0./s1. The fraction of sp³-hybridized carbons (Fsp3) is 0.364. The van der Waals surface area contributed by atoms with Crippen LogP contribution in [0.5, 0.6) is 0 Å². The summed E-state index contributed by atoms with van der Waals surface area (Å²) in [6.45, 7) is 1.20. The van der Waals surface area contributed by atoms with Crippen molar-refractivity contribution in [3.63, 3.8) is 0 Å². The largest absolute Gasteiger partial charge is 0.368 e. The quantitative estimate of drug-likeness (QED) is 0.799. The zero-order valence-corrected chi connectivity index (χ0v) is 9.74. The Morgan fingerprint density at radius 2 is 2.12 bits per heavy atom.